The van der Waals surface area contributed by atoms with Gasteiger partial charge in [-0.1, -0.05) is 13.8 Å². The Morgan fingerprint density at radius 3 is 2.40 bits per heavy atom. The lowest BCUT2D eigenvalue weighted by atomic mass is 10.1. The number of carbonyl (C=O) groups excluding carboxylic acids is 1. The Kier molecular flexibility index (Phi) is 8.81. The van der Waals surface area contributed by atoms with Crippen molar-refractivity contribution in [1.29, 1.82) is 0 Å². The molecule has 0 aromatic heterocycles. The number of nitrogens with one attached hydrogen (secondary N) is 1. The van der Waals surface area contributed by atoms with E-state index in [1.165, 1.54) is 0 Å². The number of rotatable bonds is 8. The maximum Gasteiger partial charge on any atom is 0.410 e. The van der Waals surface area contributed by atoms with Crippen molar-refractivity contribution in [3.05, 3.63) is 0 Å². The smallest absolute Gasteiger partial charge is 0.410 e. The largest absolute Gasteiger partial charge is 0.444 e. The van der Waals surface area contributed by atoms with Crippen molar-refractivity contribution in [3.8, 4) is 0 Å². The van der Waals surface area contributed by atoms with Gasteiger partial charge >= 0.3 is 6.09 Å². The highest BCUT2D eigenvalue weighted by Crippen LogP contribution is 2.10. The standard InChI is InChI=1S/C15H32N2O3/c1-8-13(11-19-7)16-9-12(2)10-17(6)14(18)20-15(3,4)5/h12-13,16H,8-11H2,1-7H3. The van der Waals surface area contributed by atoms with E-state index >= 15 is 0 Å². The lowest BCUT2D eigenvalue weighted by Crippen LogP contribution is -2.41. The summed E-state index contributed by atoms with van der Waals surface area (Å²) in [6, 6.07) is 0.370. The van der Waals surface area contributed by atoms with Crippen LogP contribution in [0.4, 0.5) is 4.79 Å². The lowest BCUT2D eigenvalue weighted by molar-refractivity contribution is 0.0275. The molecule has 0 aliphatic carbocycles. The van der Waals surface area contributed by atoms with E-state index < -0.39 is 5.60 Å². The predicted octanol–water partition coefficient (Wildman–Crippen LogP) is 2.50. The van der Waals surface area contributed by atoms with Crippen molar-refractivity contribution in [3.63, 3.8) is 0 Å². The van der Waals surface area contributed by atoms with Gasteiger partial charge in [-0.15, -0.1) is 0 Å². The third kappa shape index (κ3) is 9.15. The van der Waals surface area contributed by atoms with Crippen LogP contribution in [0.1, 0.15) is 41.0 Å². The van der Waals surface area contributed by atoms with Crippen LogP contribution in [0, 0.1) is 5.92 Å². The Labute approximate surface area is 124 Å². The van der Waals surface area contributed by atoms with Gasteiger partial charge in [0.2, 0.25) is 0 Å². The molecule has 0 radical (unpaired) electrons. The second-order valence-electron chi connectivity index (χ2n) is 6.43. The van der Waals surface area contributed by atoms with E-state index in [2.05, 4.69) is 19.2 Å². The van der Waals surface area contributed by atoms with Gasteiger partial charge in [-0.25, -0.2) is 4.79 Å². The van der Waals surface area contributed by atoms with Crippen LogP contribution >= 0.6 is 0 Å². The lowest BCUT2D eigenvalue weighted by Gasteiger charge is -2.27. The molecule has 0 aliphatic heterocycles. The Bertz CT molecular complexity index is 277. The van der Waals surface area contributed by atoms with E-state index in [-0.39, 0.29) is 6.09 Å². The molecule has 0 aromatic carbocycles. The number of nitrogens with zero attached hydrogens (tertiary/aromatic N) is 1. The van der Waals surface area contributed by atoms with Gasteiger partial charge in [-0.3, -0.25) is 0 Å². The number of hydrogen-bond acceptors (Lipinski definition) is 4. The topological polar surface area (TPSA) is 50.8 Å². The van der Waals surface area contributed by atoms with Gasteiger partial charge < -0.3 is 19.7 Å². The van der Waals surface area contributed by atoms with Crippen LogP contribution in [0.15, 0.2) is 0 Å². The maximum absolute atomic E-state index is 11.9. The first kappa shape index (κ1) is 19.2. The number of methoxy groups -OCH3 is 1. The molecule has 1 amide bonds. The Morgan fingerprint density at radius 2 is 1.95 bits per heavy atom. The molecule has 0 aromatic rings. The van der Waals surface area contributed by atoms with E-state index in [1.54, 1.807) is 19.1 Å². The van der Waals surface area contributed by atoms with Crippen LogP contribution in [0.3, 0.4) is 0 Å². The molecular formula is C15H32N2O3. The summed E-state index contributed by atoms with van der Waals surface area (Å²) >= 11 is 0. The first-order valence-corrected chi connectivity index (χ1v) is 7.36. The van der Waals surface area contributed by atoms with E-state index in [4.69, 9.17) is 9.47 Å². The Hall–Kier alpha value is -0.810. The molecule has 2 unspecified atom stereocenters. The van der Waals surface area contributed by atoms with Crippen LogP contribution < -0.4 is 5.32 Å². The number of ether oxygens (including phenoxy) is 2. The molecule has 2 atom stereocenters. The normalized spacial score (nSPS) is 14.8. The highest BCUT2D eigenvalue weighted by atomic mass is 16.6. The molecule has 0 bridgehead atoms. The van der Waals surface area contributed by atoms with Crippen molar-refractivity contribution >= 4 is 6.09 Å². The summed E-state index contributed by atoms with van der Waals surface area (Å²) in [6.07, 6.45) is 0.760. The second kappa shape index (κ2) is 9.19. The third-order valence-electron chi connectivity index (χ3n) is 2.91. The van der Waals surface area contributed by atoms with E-state index in [0.717, 1.165) is 13.0 Å². The van der Waals surface area contributed by atoms with Crippen molar-refractivity contribution in [1.82, 2.24) is 10.2 Å². The van der Waals surface area contributed by atoms with Gasteiger partial charge in [0.15, 0.2) is 0 Å². The summed E-state index contributed by atoms with van der Waals surface area (Å²) in [5, 5.41) is 3.46. The van der Waals surface area contributed by atoms with Gasteiger partial charge in [0.25, 0.3) is 0 Å². The van der Waals surface area contributed by atoms with Crippen LogP contribution in [0.2, 0.25) is 0 Å². The molecular weight excluding hydrogens is 256 g/mol. The van der Waals surface area contributed by atoms with Crippen LogP contribution in [-0.4, -0.2) is 56.5 Å². The molecule has 120 valence electrons. The fourth-order valence-electron chi connectivity index (χ4n) is 1.84. The van der Waals surface area contributed by atoms with Gasteiger partial charge in [0.05, 0.1) is 6.61 Å². The highest BCUT2D eigenvalue weighted by molar-refractivity contribution is 5.67. The summed E-state index contributed by atoms with van der Waals surface area (Å²) in [6.45, 7) is 12.1. The molecule has 0 heterocycles. The summed E-state index contributed by atoms with van der Waals surface area (Å²) < 4.78 is 10.5. The average Bonchev–Trinajstić information content (AvgIpc) is 2.32. The number of carbonyl (C=O) groups is 1. The zero-order chi connectivity index (χ0) is 15.8. The molecule has 0 spiro atoms. The van der Waals surface area contributed by atoms with E-state index in [9.17, 15) is 4.79 Å². The summed E-state index contributed by atoms with van der Waals surface area (Å²) in [5.41, 5.74) is -0.446. The summed E-state index contributed by atoms with van der Waals surface area (Å²) in [4.78, 5) is 13.5. The minimum absolute atomic E-state index is 0.270. The van der Waals surface area contributed by atoms with Crippen LogP contribution in [0.5, 0.6) is 0 Å². The van der Waals surface area contributed by atoms with Crippen LogP contribution in [0.25, 0.3) is 0 Å². The minimum Gasteiger partial charge on any atom is -0.444 e. The molecule has 0 rings (SSSR count). The summed E-state index contributed by atoms with van der Waals surface area (Å²) in [7, 11) is 3.49. The Morgan fingerprint density at radius 1 is 1.35 bits per heavy atom. The SMILES string of the molecule is CCC(COC)NCC(C)CN(C)C(=O)OC(C)(C)C. The fraction of sp³-hybridized carbons (Fsp3) is 0.933. The minimum atomic E-state index is -0.446. The average molecular weight is 288 g/mol. The van der Waals surface area contributed by atoms with Gasteiger partial charge in [0, 0.05) is 26.7 Å². The monoisotopic (exact) mass is 288 g/mol. The zero-order valence-corrected chi connectivity index (χ0v) is 14.2. The highest BCUT2D eigenvalue weighted by Gasteiger charge is 2.20. The Balaban J connectivity index is 4.06. The molecule has 0 fully saturated rings. The third-order valence-corrected chi connectivity index (χ3v) is 2.91. The number of amides is 1. The predicted molar refractivity (Wildman–Crippen MR) is 82.0 cm³/mol. The van der Waals surface area contributed by atoms with Gasteiger partial charge in [0.1, 0.15) is 5.60 Å². The first-order chi connectivity index (χ1) is 9.19. The van der Waals surface area contributed by atoms with Crippen molar-refractivity contribution in [2.75, 3.05) is 33.9 Å². The molecule has 5 nitrogen and oxygen atoms in total. The molecule has 20 heavy (non-hydrogen) atoms. The van der Waals surface area contributed by atoms with Crippen molar-refractivity contribution in [2.45, 2.75) is 52.7 Å². The van der Waals surface area contributed by atoms with Gasteiger partial charge in [-0.05, 0) is 39.7 Å². The van der Waals surface area contributed by atoms with Gasteiger partial charge in [-0.2, -0.15) is 0 Å². The van der Waals surface area contributed by atoms with E-state index in [1.807, 2.05) is 20.8 Å². The molecule has 5 heteroatoms. The molecule has 1 N–H and O–H groups in total. The molecule has 0 aliphatic rings. The molecule has 0 saturated heterocycles. The quantitative estimate of drug-likeness (QED) is 0.745. The fourth-order valence-corrected chi connectivity index (χ4v) is 1.84. The first-order valence-electron chi connectivity index (χ1n) is 7.36. The zero-order valence-electron chi connectivity index (χ0n) is 14.2. The van der Waals surface area contributed by atoms with Crippen LogP contribution in [-0.2, 0) is 9.47 Å². The van der Waals surface area contributed by atoms with Crippen molar-refractivity contribution < 1.29 is 14.3 Å². The number of hydrogen-bond donors (Lipinski definition) is 1. The second-order valence-corrected chi connectivity index (χ2v) is 6.43. The summed E-state index contributed by atoms with van der Waals surface area (Å²) in [5.74, 6) is 0.360. The van der Waals surface area contributed by atoms with E-state index in [0.29, 0.717) is 25.1 Å². The maximum atomic E-state index is 11.9. The van der Waals surface area contributed by atoms with Crippen molar-refractivity contribution in [2.24, 2.45) is 5.92 Å². The molecule has 0 saturated carbocycles.